The first kappa shape index (κ1) is 30.5. The van der Waals surface area contributed by atoms with Gasteiger partial charge in [0.1, 0.15) is 5.82 Å². The molecule has 0 aliphatic carbocycles. The average Bonchev–Trinajstić information content (AvgIpc) is 3.51. The molecule has 11 nitrogen and oxygen atoms in total. The van der Waals surface area contributed by atoms with Crippen molar-refractivity contribution in [1.82, 2.24) is 20.3 Å². The average molecular weight is 643 g/mol. The molecule has 0 bridgehead atoms. The number of nitrogens with zero attached hydrogens (tertiary/aromatic N) is 5. The van der Waals surface area contributed by atoms with Crippen LogP contribution in [0.15, 0.2) is 60.8 Å². The van der Waals surface area contributed by atoms with Crippen LogP contribution >= 0.6 is 0 Å². The Morgan fingerprint density at radius 2 is 1.76 bits per heavy atom. The molecule has 2 atom stereocenters. The summed E-state index contributed by atoms with van der Waals surface area (Å²) >= 11 is 0. The van der Waals surface area contributed by atoms with E-state index in [2.05, 4.69) is 29.0 Å². The van der Waals surface area contributed by atoms with E-state index in [0.29, 0.717) is 56.0 Å². The third-order valence-electron chi connectivity index (χ3n) is 8.90. The van der Waals surface area contributed by atoms with Gasteiger partial charge >= 0.3 is 0 Å². The lowest BCUT2D eigenvalue weighted by atomic mass is 10.1. The number of carbonyl (C=O) groups excluding carboxylic acids is 1. The molecule has 1 amide bonds. The molecule has 240 valence electrons. The smallest absolute Gasteiger partial charge is 0.251 e. The van der Waals surface area contributed by atoms with Gasteiger partial charge in [0.2, 0.25) is 10.0 Å². The van der Waals surface area contributed by atoms with Crippen molar-refractivity contribution in [3.8, 4) is 11.4 Å². The first-order valence-corrected chi connectivity index (χ1v) is 17.4. The molecule has 0 spiro atoms. The van der Waals surface area contributed by atoms with Gasteiger partial charge in [0, 0.05) is 50.0 Å². The van der Waals surface area contributed by atoms with Gasteiger partial charge in [-0.2, -0.15) is 0 Å². The highest BCUT2D eigenvalue weighted by atomic mass is 32.2. The zero-order valence-electron chi connectivity index (χ0n) is 26.1. The normalized spacial score (nSPS) is 20.6. The van der Waals surface area contributed by atoms with Gasteiger partial charge in [-0.25, -0.2) is 18.4 Å². The molecule has 3 aromatic heterocycles. The number of aromatic nitrogens is 3. The number of nitrogens with one attached hydrogen (secondary N) is 1. The SMILES string of the molecule is CC1CN(c2cccc(-c3ccc4cnc(CNC(=O)c5ccc6c(c5)N(S(=O)(=O)C5CCOCC5)CC6)cc4n3)n2)CC(C)O1. The number of fused-ring (bicyclic) bond motifs is 2. The van der Waals surface area contributed by atoms with Crippen molar-refractivity contribution in [2.75, 3.05) is 42.1 Å². The molecule has 0 radical (unpaired) electrons. The molecule has 2 unspecified atom stereocenters. The number of morpholine rings is 1. The predicted octanol–water partition coefficient (Wildman–Crippen LogP) is 4.11. The maximum atomic E-state index is 13.4. The van der Waals surface area contributed by atoms with E-state index in [-0.39, 0.29) is 24.7 Å². The maximum absolute atomic E-state index is 13.4. The summed E-state index contributed by atoms with van der Waals surface area (Å²) in [5, 5.41) is 3.36. The van der Waals surface area contributed by atoms with Crippen LogP contribution in [0.2, 0.25) is 0 Å². The number of carbonyl (C=O) groups is 1. The van der Waals surface area contributed by atoms with Crippen molar-refractivity contribution in [3.63, 3.8) is 0 Å². The molecule has 3 aliphatic rings. The first-order chi connectivity index (χ1) is 22.2. The highest BCUT2D eigenvalue weighted by Crippen LogP contribution is 2.34. The Morgan fingerprint density at radius 3 is 2.57 bits per heavy atom. The minimum Gasteiger partial charge on any atom is -0.381 e. The minimum atomic E-state index is -3.54. The Hall–Kier alpha value is -4.13. The number of anilines is 2. The van der Waals surface area contributed by atoms with Crippen LogP contribution in [-0.2, 0) is 32.5 Å². The number of amides is 1. The van der Waals surface area contributed by atoms with E-state index < -0.39 is 15.3 Å². The first-order valence-electron chi connectivity index (χ1n) is 15.9. The van der Waals surface area contributed by atoms with Crippen molar-refractivity contribution in [2.24, 2.45) is 0 Å². The van der Waals surface area contributed by atoms with Gasteiger partial charge in [-0.15, -0.1) is 0 Å². The van der Waals surface area contributed by atoms with Gasteiger partial charge in [-0.3, -0.25) is 14.1 Å². The van der Waals surface area contributed by atoms with Crippen molar-refractivity contribution in [2.45, 2.75) is 57.1 Å². The van der Waals surface area contributed by atoms with E-state index in [0.717, 1.165) is 46.8 Å². The molecule has 46 heavy (non-hydrogen) atoms. The lowest BCUT2D eigenvalue weighted by Crippen LogP contribution is -2.45. The van der Waals surface area contributed by atoms with E-state index in [4.69, 9.17) is 19.4 Å². The lowest BCUT2D eigenvalue weighted by molar-refractivity contribution is -0.00545. The van der Waals surface area contributed by atoms with Gasteiger partial charge in [0.05, 0.1) is 52.3 Å². The summed E-state index contributed by atoms with van der Waals surface area (Å²) in [6, 6.07) is 17.1. The summed E-state index contributed by atoms with van der Waals surface area (Å²) in [5.41, 5.74) is 4.88. The number of sulfonamides is 1. The summed E-state index contributed by atoms with van der Waals surface area (Å²) < 4.78 is 39.6. The Labute approximate surface area is 269 Å². The molecule has 4 aromatic rings. The zero-order chi connectivity index (χ0) is 31.8. The molecule has 2 fully saturated rings. The number of benzene rings is 1. The van der Waals surface area contributed by atoms with Crippen LogP contribution in [0.5, 0.6) is 0 Å². The van der Waals surface area contributed by atoms with Crippen molar-refractivity contribution < 1.29 is 22.7 Å². The molecule has 7 rings (SSSR count). The predicted molar refractivity (Wildman–Crippen MR) is 176 cm³/mol. The second kappa shape index (κ2) is 12.6. The Kier molecular flexibility index (Phi) is 8.35. The van der Waals surface area contributed by atoms with Gasteiger partial charge < -0.3 is 19.7 Å². The Bertz CT molecular complexity index is 1870. The third kappa shape index (κ3) is 6.16. The molecule has 1 aromatic carbocycles. The minimum absolute atomic E-state index is 0.134. The van der Waals surface area contributed by atoms with E-state index in [1.165, 1.54) is 4.31 Å². The van der Waals surface area contributed by atoms with Crippen LogP contribution in [0, 0.1) is 0 Å². The fraction of sp³-hybridized carbons (Fsp3) is 0.412. The van der Waals surface area contributed by atoms with Crippen molar-refractivity contribution in [1.29, 1.82) is 0 Å². The van der Waals surface area contributed by atoms with Gasteiger partial charge in [-0.1, -0.05) is 12.1 Å². The fourth-order valence-electron chi connectivity index (χ4n) is 6.59. The van der Waals surface area contributed by atoms with E-state index in [1.807, 2.05) is 42.5 Å². The van der Waals surface area contributed by atoms with Crippen molar-refractivity contribution in [3.05, 3.63) is 77.6 Å². The van der Waals surface area contributed by atoms with E-state index in [9.17, 15) is 13.2 Å². The third-order valence-corrected chi connectivity index (χ3v) is 11.2. The molecular formula is C34H38N6O5S. The molecule has 0 saturated carbocycles. The number of hydrogen-bond donors (Lipinski definition) is 1. The maximum Gasteiger partial charge on any atom is 0.251 e. The Morgan fingerprint density at radius 1 is 0.978 bits per heavy atom. The highest BCUT2D eigenvalue weighted by molar-refractivity contribution is 7.93. The second-order valence-corrected chi connectivity index (χ2v) is 14.5. The molecule has 3 aliphatic heterocycles. The molecule has 2 saturated heterocycles. The monoisotopic (exact) mass is 642 g/mol. The topological polar surface area (TPSA) is 127 Å². The number of hydrogen-bond acceptors (Lipinski definition) is 9. The lowest BCUT2D eigenvalue weighted by Gasteiger charge is -2.36. The summed E-state index contributed by atoms with van der Waals surface area (Å²) in [6.45, 7) is 7.20. The quantitative estimate of drug-likeness (QED) is 0.317. The fourth-order valence-corrected chi connectivity index (χ4v) is 8.52. The summed E-state index contributed by atoms with van der Waals surface area (Å²) in [7, 11) is -3.54. The number of pyridine rings is 3. The van der Waals surface area contributed by atoms with Crippen LogP contribution in [0.1, 0.15) is 48.3 Å². The molecular weight excluding hydrogens is 604 g/mol. The number of rotatable bonds is 7. The van der Waals surface area contributed by atoms with Crippen LogP contribution in [-0.4, -0.2) is 79.6 Å². The number of ether oxygens (including phenoxy) is 2. The van der Waals surface area contributed by atoms with Crippen LogP contribution in [0.25, 0.3) is 22.3 Å². The van der Waals surface area contributed by atoms with Crippen LogP contribution in [0.4, 0.5) is 11.5 Å². The van der Waals surface area contributed by atoms with Crippen molar-refractivity contribution >= 4 is 38.3 Å². The molecule has 6 heterocycles. The van der Waals surface area contributed by atoms with E-state index >= 15 is 0 Å². The van der Waals surface area contributed by atoms with Gasteiger partial charge in [0.15, 0.2) is 0 Å². The zero-order valence-corrected chi connectivity index (χ0v) is 26.9. The largest absolute Gasteiger partial charge is 0.381 e. The molecule has 1 N–H and O–H groups in total. The summed E-state index contributed by atoms with van der Waals surface area (Å²) in [4.78, 5) is 29.8. The van der Waals surface area contributed by atoms with Gasteiger partial charge in [-0.05, 0) is 81.1 Å². The summed E-state index contributed by atoms with van der Waals surface area (Å²) in [6.07, 6.45) is 3.62. The second-order valence-electron chi connectivity index (χ2n) is 12.3. The molecule has 12 heteroatoms. The summed E-state index contributed by atoms with van der Waals surface area (Å²) in [5.74, 6) is 0.602. The van der Waals surface area contributed by atoms with E-state index in [1.54, 1.807) is 18.3 Å². The van der Waals surface area contributed by atoms with Crippen LogP contribution < -0.4 is 14.5 Å². The van der Waals surface area contributed by atoms with Gasteiger partial charge in [0.25, 0.3) is 5.91 Å². The highest BCUT2D eigenvalue weighted by Gasteiger charge is 2.37. The van der Waals surface area contributed by atoms with Crippen LogP contribution in [0.3, 0.4) is 0 Å². The Balaban J connectivity index is 1.06. The standard InChI is InChI=1S/C34H38N6O5S/c1-22-20-39(21-23(2)45-22)33-5-3-4-29(38-33)30-9-8-26-18-35-27(17-31(26)37-30)19-36-34(41)25-7-6-24-10-13-40(32(24)16-25)46(42,43)28-11-14-44-15-12-28/h3-9,16-18,22-23,28H,10-15,19-21H2,1-2H3,(H,36,41).